The van der Waals surface area contributed by atoms with Crippen molar-refractivity contribution >= 4 is 22.1 Å². The number of aromatic nitrogens is 6. The smallest absolute Gasteiger partial charge is 0.250 e. The number of rotatable bonds is 7. The van der Waals surface area contributed by atoms with E-state index < -0.39 is 0 Å². The zero-order valence-corrected chi connectivity index (χ0v) is 28.9. The van der Waals surface area contributed by atoms with Crippen LogP contribution in [0.1, 0.15) is 22.8 Å². The number of benzene rings is 4. The number of nitrogens with one attached hydrogen (secondary N) is 3. The molecule has 10 heteroatoms. The van der Waals surface area contributed by atoms with Gasteiger partial charge in [0.15, 0.2) is 11.5 Å². The molecule has 254 valence electrons. The zero-order valence-electron chi connectivity index (χ0n) is 28.9. The molecule has 0 radical (unpaired) electrons. The number of nitrogens with zero attached hydrogens (tertiary/aromatic N) is 3. The Kier molecular flexibility index (Phi) is 9.05. The van der Waals surface area contributed by atoms with Gasteiger partial charge in [-0.2, -0.15) is 0 Å². The third-order valence-electron chi connectivity index (χ3n) is 8.31. The van der Waals surface area contributed by atoms with E-state index in [2.05, 4.69) is 29.9 Å². The number of ether oxygens (including phenoxy) is 3. The van der Waals surface area contributed by atoms with Crippen molar-refractivity contribution in [3.8, 4) is 51.1 Å². The average Bonchev–Trinajstić information content (AvgIpc) is 3.72. The number of H-pyrrole nitrogens is 3. The summed E-state index contributed by atoms with van der Waals surface area (Å²) in [5.41, 5.74) is 8.60. The molecule has 8 aromatic rings. The minimum absolute atomic E-state index is 0.0917. The van der Waals surface area contributed by atoms with E-state index in [9.17, 15) is 4.79 Å². The summed E-state index contributed by atoms with van der Waals surface area (Å²) in [7, 11) is 1.62. The molecule has 51 heavy (non-hydrogen) atoms. The number of hydrogen-bond acceptors (Lipinski definition) is 7. The molecule has 0 aliphatic heterocycles. The molecule has 0 saturated carbocycles. The Labute approximate surface area is 294 Å². The first-order valence-corrected chi connectivity index (χ1v) is 16.4. The number of fused-ring (bicyclic) bond motifs is 2. The van der Waals surface area contributed by atoms with Crippen molar-refractivity contribution in [1.29, 1.82) is 0 Å². The van der Waals surface area contributed by atoms with Crippen LogP contribution >= 0.6 is 0 Å². The van der Waals surface area contributed by atoms with Gasteiger partial charge < -0.3 is 29.2 Å². The Morgan fingerprint density at radius 3 is 1.61 bits per heavy atom. The summed E-state index contributed by atoms with van der Waals surface area (Å²) in [6, 6.07) is 31.2. The van der Waals surface area contributed by atoms with Crippen LogP contribution < -0.4 is 19.8 Å². The lowest BCUT2D eigenvalue weighted by Crippen LogP contribution is -2.08. The second-order valence-corrected chi connectivity index (χ2v) is 12.1. The number of methoxy groups -OCH3 is 1. The van der Waals surface area contributed by atoms with Gasteiger partial charge >= 0.3 is 0 Å². The van der Waals surface area contributed by atoms with Crippen LogP contribution in [-0.2, 0) is 0 Å². The fourth-order valence-electron chi connectivity index (χ4n) is 5.90. The molecule has 4 aromatic carbocycles. The van der Waals surface area contributed by atoms with Gasteiger partial charge in [-0.15, -0.1) is 0 Å². The SMILES string of the molecule is COc1ncc(-c2ccc3[nH]c(C)nc3c2Oc2ccccc2)cc1C.Cc1nc2c(Oc3ccccc3)c(-c3c[nH]c(=O)c(C)c3)ccc2[nH]1. The van der Waals surface area contributed by atoms with E-state index in [0.29, 0.717) is 22.9 Å². The van der Waals surface area contributed by atoms with Gasteiger partial charge in [-0.1, -0.05) is 36.4 Å². The molecule has 4 heterocycles. The minimum atomic E-state index is -0.0917. The van der Waals surface area contributed by atoms with E-state index in [-0.39, 0.29) is 5.56 Å². The van der Waals surface area contributed by atoms with Crippen molar-refractivity contribution in [3.63, 3.8) is 0 Å². The van der Waals surface area contributed by atoms with Crippen molar-refractivity contribution in [3.05, 3.63) is 143 Å². The highest BCUT2D eigenvalue weighted by Gasteiger charge is 2.18. The molecule has 0 unspecified atom stereocenters. The summed E-state index contributed by atoms with van der Waals surface area (Å²) in [6.07, 6.45) is 3.50. The van der Waals surface area contributed by atoms with Crippen LogP contribution in [-0.4, -0.2) is 37.0 Å². The van der Waals surface area contributed by atoms with Crippen molar-refractivity contribution in [2.45, 2.75) is 27.7 Å². The molecule has 0 amide bonds. The molecule has 3 N–H and O–H groups in total. The third-order valence-corrected chi connectivity index (χ3v) is 8.31. The lowest BCUT2D eigenvalue weighted by molar-refractivity contribution is 0.394. The Hall–Kier alpha value is -6.68. The predicted molar refractivity (Wildman–Crippen MR) is 200 cm³/mol. The lowest BCUT2D eigenvalue weighted by atomic mass is 10.0. The Morgan fingerprint density at radius 1 is 0.608 bits per heavy atom. The topological polar surface area (TPSA) is 131 Å². The highest BCUT2D eigenvalue weighted by atomic mass is 16.5. The van der Waals surface area contributed by atoms with Crippen molar-refractivity contribution in [1.82, 2.24) is 29.9 Å². The number of hydrogen-bond donors (Lipinski definition) is 3. The fourth-order valence-corrected chi connectivity index (χ4v) is 5.90. The maximum absolute atomic E-state index is 11.7. The Balaban J connectivity index is 0.000000159. The predicted octanol–water partition coefficient (Wildman–Crippen LogP) is 9.37. The summed E-state index contributed by atoms with van der Waals surface area (Å²) in [4.78, 5) is 34.6. The maximum atomic E-state index is 11.7. The summed E-state index contributed by atoms with van der Waals surface area (Å²) in [5, 5.41) is 0. The summed E-state index contributed by atoms with van der Waals surface area (Å²) >= 11 is 0. The highest BCUT2D eigenvalue weighted by Crippen LogP contribution is 2.40. The van der Waals surface area contributed by atoms with Gasteiger partial charge in [0.2, 0.25) is 5.88 Å². The monoisotopic (exact) mass is 676 g/mol. The number of aryl methyl sites for hydroxylation is 4. The summed E-state index contributed by atoms with van der Waals surface area (Å²) < 4.78 is 17.7. The lowest BCUT2D eigenvalue weighted by Gasteiger charge is -2.13. The molecular formula is C41H36N6O4. The standard InChI is InChI=1S/C21H19N3O2.C20H17N3O2/c1-13-11-15(12-22-21(13)25-3)17-9-10-18-19(24-14(2)23-18)20(17)26-16-7-5-4-6-8-16;1-12-10-14(11-21-20(12)24)16-8-9-17-18(23-13(2)22-17)19(16)25-15-6-4-3-5-7-15/h4-12H,1-3H3,(H,23,24);3-11H,1-2H3,(H,21,24)(H,22,23). The van der Waals surface area contributed by atoms with Gasteiger partial charge in [-0.3, -0.25) is 4.79 Å². The third kappa shape index (κ3) is 6.93. The van der Waals surface area contributed by atoms with Crippen molar-refractivity contribution in [2.75, 3.05) is 7.11 Å². The van der Waals surface area contributed by atoms with Gasteiger partial charge in [0, 0.05) is 45.8 Å². The number of para-hydroxylation sites is 2. The number of aromatic amines is 3. The fraction of sp³-hybridized carbons (Fsp3) is 0.122. The van der Waals surface area contributed by atoms with Crippen molar-refractivity contribution in [2.24, 2.45) is 0 Å². The zero-order chi connectivity index (χ0) is 35.5. The quantitative estimate of drug-likeness (QED) is 0.153. The van der Waals surface area contributed by atoms with E-state index in [1.54, 1.807) is 26.4 Å². The number of imidazole rings is 2. The van der Waals surface area contributed by atoms with Crippen LogP contribution in [0.4, 0.5) is 0 Å². The van der Waals surface area contributed by atoms with Gasteiger partial charge in [-0.05, 0) is 88.4 Å². The van der Waals surface area contributed by atoms with Gasteiger partial charge in [-0.25, -0.2) is 15.0 Å². The molecule has 0 bridgehead atoms. The van der Waals surface area contributed by atoms with Gasteiger partial charge in [0.1, 0.15) is 34.2 Å². The van der Waals surface area contributed by atoms with Crippen LogP contribution in [0.2, 0.25) is 0 Å². The second kappa shape index (κ2) is 14.0. The van der Waals surface area contributed by atoms with Crippen LogP contribution in [0, 0.1) is 27.7 Å². The van der Waals surface area contributed by atoms with Crippen LogP contribution in [0.25, 0.3) is 44.3 Å². The Bertz CT molecular complexity index is 2540. The average molecular weight is 677 g/mol. The molecule has 0 aliphatic carbocycles. The molecular weight excluding hydrogens is 640 g/mol. The molecule has 0 spiro atoms. The van der Waals surface area contributed by atoms with E-state index in [0.717, 1.165) is 73.0 Å². The van der Waals surface area contributed by atoms with E-state index in [1.165, 1.54) is 0 Å². The van der Waals surface area contributed by atoms with Crippen LogP contribution in [0.15, 0.2) is 114 Å². The first-order valence-electron chi connectivity index (χ1n) is 16.4. The van der Waals surface area contributed by atoms with Crippen LogP contribution in [0.3, 0.4) is 0 Å². The van der Waals surface area contributed by atoms with E-state index >= 15 is 0 Å². The summed E-state index contributed by atoms with van der Waals surface area (Å²) in [5.74, 6) is 5.17. The highest BCUT2D eigenvalue weighted by molar-refractivity contribution is 5.92. The van der Waals surface area contributed by atoms with E-state index in [4.69, 9.17) is 14.2 Å². The normalized spacial score (nSPS) is 10.9. The second-order valence-electron chi connectivity index (χ2n) is 12.1. The van der Waals surface area contributed by atoms with Crippen molar-refractivity contribution < 1.29 is 14.2 Å². The molecule has 8 rings (SSSR count). The molecule has 0 fully saturated rings. The maximum Gasteiger partial charge on any atom is 0.250 e. The van der Waals surface area contributed by atoms with Crippen LogP contribution in [0.5, 0.6) is 28.9 Å². The van der Waals surface area contributed by atoms with Gasteiger partial charge in [0.05, 0.1) is 18.1 Å². The van der Waals surface area contributed by atoms with E-state index in [1.807, 2.05) is 118 Å². The molecule has 4 aromatic heterocycles. The molecule has 0 aliphatic rings. The largest absolute Gasteiger partial charge is 0.481 e. The molecule has 0 saturated heterocycles. The molecule has 10 nitrogen and oxygen atoms in total. The Morgan fingerprint density at radius 2 is 1.12 bits per heavy atom. The summed E-state index contributed by atoms with van der Waals surface area (Å²) in [6.45, 7) is 7.61. The number of pyridine rings is 2. The molecule has 0 atom stereocenters. The first kappa shape index (κ1) is 32.8. The minimum Gasteiger partial charge on any atom is -0.481 e. The van der Waals surface area contributed by atoms with Gasteiger partial charge in [0.25, 0.3) is 5.56 Å². The first-order chi connectivity index (χ1) is 24.8.